The molecule has 0 bridgehead atoms. The molecule has 0 spiro atoms. The van der Waals surface area contributed by atoms with Gasteiger partial charge < -0.3 is 14.4 Å². The van der Waals surface area contributed by atoms with Crippen LogP contribution in [0.3, 0.4) is 0 Å². The van der Waals surface area contributed by atoms with E-state index in [2.05, 4.69) is 11.7 Å². The van der Waals surface area contributed by atoms with E-state index in [-0.39, 0.29) is 17.4 Å². The molecule has 1 fully saturated rings. The molecular weight excluding hydrogens is 526 g/mol. The fourth-order valence-corrected chi connectivity index (χ4v) is 6.75. The highest BCUT2D eigenvalue weighted by Gasteiger charge is 2.57. The summed E-state index contributed by atoms with van der Waals surface area (Å²) in [7, 11) is 1.58. The van der Waals surface area contributed by atoms with Crippen LogP contribution in [0.1, 0.15) is 12.7 Å². The summed E-state index contributed by atoms with van der Waals surface area (Å²) < 4.78 is 12.1. The third kappa shape index (κ3) is 4.59. The van der Waals surface area contributed by atoms with Crippen molar-refractivity contribution >= 4 is 47.1 Å². The molecule has 2 aliphatic heterocycles. The zero-order chi connectivity index (χ0) is 27.0. The number of hydrogen-bond donors (Lipinski definition) is 1. The van der Waals surface area contributed by atoms with Crippen LogP contribution in [0.4, 0.5) is 0 Å². The lowest BCUT2D eigenvalue weighted by molar-refractivity contribution is -0.154. The minimum atomic E-state index is -1.25. The summed E-state index contributed by atoms with van der Waals surface area (Å²) in [6, 6.07) is 17.4. The number of carboxylic acid groups (broad SMARTS) is 1. The second-order valence-corrected chi connectivity index (χ2v) is 10.7. The van der Waals surface area contributed by atoms with Gasteiger partial charge in [0.15, 0.2) is 11.8 Å². The van der Waals surface area contributed by atoms with Gasteiger partial charge in [-0.1, -0.05) is 29.9 Å². The quantitative estimate of drug-likeness (QED) is 0.320. The van der Waals surface area contributed by atoms with Gasteiger partial charge in [-0.2, -0.15) is 0 Å². The lowest BCUT2D eigenvalue weighted by Crippen LogP contribution is -2.70. The van der Waals surface area contributed by atoms with E-state index >= 15 is 0 Å². The van der Waals surface area contributed by atoms with Crippen molar-refractivity contribution < 1.29 is 28.8 Å². The van der Waals surface area contributed by atoms with E-state index in [1.54, 1.807) is 25.3 Å². The van der Waals surface area contributed by atoms with Gasteiger partial charge in [0, 0.05) is 40.3 Å². The first-order valence-electron chi connectivity index (χ1n) is 11.5. The normalized spacial score (nSPS) is 18.5. The minimum absolute atomic E-state index is 0.157. The number of amides is 2. The maximum Gasteiger partial charge on any atom is 0.352 e. The Morgan fingerprint density at radius 3 is 2.55 bits per heavy atom. The molecule has 0 saturated carbocycles. The molecule has 11 heteroatoms. The summed E-state index contributed by atoms with van der Waals surface area (Å²) in [6.07, 6.45) is 0. The van der Waals surface area contributed by atoms with Gasteiger partial charge in [-0.25, -0.2) is 4.79 Å². The van der Waals surface area contributed by atoms with Gasteiger partial charge in [0.1, 0.15) is 22.5 Å². The highest BCUT2D eigenvalue weighted by atomic mass is 32.2. The topological polar surface area (TPSA) is 113 Å². The summed E-state index contributed by atoms with van der Waals surface area (Å²) in [5.41, 5.74) is 1.89. The number of β-lactam (4-membered cyclic amide) rings is 1. The van der Waals surface area contributed by atoms with Gasteiger partial charge in [0.25, 0.3) is 5.91 Å². The molecule has 3 heterocycles. The lowest BCUT2D eigenvalue weighted by atomic mass is 9.98. The minimum Gasteiger partial charge on any atom is -0.497 e. The Morgan fingerprint density at radius 1 is 1.21 bits per heavy atom. The molecule has 2 aliphatic rings. The molecule has 2 atom stereocenters. The smallest absolute Gasteiger partial charge is 0.352 e. The van der Waals surface area contributed by atoms with Crippen LogP contribution in [0.5, 0.6) is 5.75 Å². The molecule has 2 aromatic carbocycles. The number of allylic oxidation sites excluding steroid dienone is 1. The fourth-order valence-electron chi connectivity index (χ4n) is 4.29. The number of rotatable bonds is 8. The summed E-state index contributed by atoms with van der Waals surface area (Å²) >= 11 is 2.55. The monoisotopic (exact) mass is 549 g/mol. The fraction of sp³-hybridized carbons (Fsp3) is 0.185. The van der Waals surface area contributed by atoms with Gasteiger partial charge in [-0.05, 0) is 48.3 Å². The Labute approximate surface area is 227 Å². The maximum atomic E-state index is 13.3. The number of carboxylic acids is 1. The van der Waals surface area contributed by atoms with E-state index in [0.29, 0.717) is 28.3 Å². The molecule has 194 valence electrons. The zero-order valence-corrected chi connectivity index (χ0v) is 22.1. The van der Waals surface area contributed by atoms with Crippen LogP contribution in [0, 0.1) is 0 Å². The Kier molecular flexibility index (Phi) is 7.04. The van der Waals surface area contributed by atoms with Crippen LogP contribution in [-0.2, 0) is 14.4 Å². The summed E-state index contributed by atoms with van der Waals surface area (Å²) in [4.78, 5) is 40.2. The number of nitrogens with zero attached hydrogens (tertiary/aromatic N) is 3. The molecule has 1 saturated heterocycles. The van der Waals surface area contributed by atoms with Gasteiger partial charge in [0.05, 0.1) is 7.11 Å². The van der Waals surface area contributed by atoms with Crippen LogP contribution < -0.4 is 4.74 Å². The average molecular weight is 550 g/mol. The van der Waals surface area contributed by atoms with Crippen molar-refractivity contribution in [1.82, 2.24) is 14.4 Å². The first-order valence-corrected chi connectivity index (χ1v) is 13.4. The Balaban J connectivity index is 1.41. The molecule has 1 N–H and O–H groups in total. The first-order chi connectivity index (χ1) is 18.3. The van der Waals surface area contributed by atoms with Crippen molar-refractivity contribution in [2.24, 2.45) is 0 Å². The molecule has 9 nitrogen and oxygen atoms in total. The SMILES string of the molecule is C=C(C1=C(C(=O)O)N2C(=O)[C@@H](N(Sc3ccccc3)C(C)=O)[C@H]2SC1)c1cc(-c2ccc(OC)cc2)no1. The van der Waals surface area contributed by atoms with Crippen LogP contribution in [-0.4, -0.2) is 61.5 Å². The molecule has 5 rings (SSSR count). The van der Waals surface area contributed by atoms with Crippen molar-refractivity contribution in [3.8, 4) is 17.0 Å². The standard InChI is InChI=1S/C27H23N3O6S2/c1-15(22-13-21(28-36-22)17-9-11-18(35-3)12-10-17)20-14-37-26-24(25(32)29(26)23(20)27(33)34)30(16(2)31)38-19-7-5-4-6-8-19/h4-13,24,26H,1,14H2,2-3H3,(H,33,34)/t24-,26-/m1/s1. The van der Waals surface area contributed by atoms with Crippen LogP contribution >= 0.6 is 23.7 Å². The summed E-state index contributed by atoms with van der Waals surface area (Å²) in [5, 5.41) is 13.7. The number of carbonyl (C=O) groups is 3. The molecule has 2 amide bonds. The van der Waals surface area contributed by atoms with E-state index in [4.69, 9.17) is 9.26 Å². The number of fused-ring (bicyclic) bond motifs is 1. The van der Waals surface area contributed by atoms with Crippen molar-refractivity contribution in [2.75, 3.05) is 12.9 Å². The summed E-state index contributed by atoms with van der Waals surface area (Å²) in [5.74, 6) is -0.723. The Hall–Kier alpha value is -3.96. The molecule has 0 aliphatic carbocycles. The zero-order valence-electron chi connectivity index (χ0n) is 20.5. The number of ether oxygens (including phenoxy) is 1. The number of hydrogen-bond acceptors (Lipinski definition) is 8. The Bertz CT molecular complexity index is 1450. The van der Waals surface area contributed by atoms with E-state index in [1.165, 1.54) is 39.8 Å². The van der Waals surface area contributed by atoms with E-state index in [1.807, 2.05) is 42.5 Å². The van der Waals surface area contributed by atoms with Crippen LogP contribution in [0.25, 0.3) is 16.8 Å². The number of aliphatic carboxylic acids is 1. The van der Waals surface area contributed by atoms with Gasteiger partial charge in [0.2, 0.25) is 5.91 Å². The number of methoxy groups -OCH3 is 1. The molecule has 38 heavy (non-hydrogen) atoms. The van der Waals surface area contributed by atoms with Crippen molar-refractivity contribution in [3.63, 3.8) is 0 Å². The van der Waals surface area contributed by atoms with Crippen molar-refractivity contribution in [3.05, 3.63) is 84.3 Å². The predicted molar refractivity (Wildman–Crippen MR) is 144 cm³/mol. The van der Waals surface area contributed by atoms with Crippen LogP contribution in [0.2, 0.25) is 0 Å². The first kappa shape index (κ1) is 25.7. The number of carbonyl (C=O) groups excluding carboxylic acids is 2. The van der Waals surface area contributed by atoms with Crippen molar-refractivity contribution in [1.29, 1.82) is 0 Å². The predicted octanol–water partition coefficient (Wildman–Crippen LogP) is 4.54. The number of benzene rings is 2. The Morgan fingerprint density at radius 2 is 1.92 bits per heavy atom. The van der Waals surface area contributed by atoms with E-state index < -0.39 is 23.3 Å². The average Bonchev–Trinajstić information content (AvgIpc) is 3.42. The molecular formula is C27H23N3O6S2. The largest absolute Gasteiger partial charge is 0.497 e. The highest BCUT2D eigenvalue weighted by molar-refractivity contribution is 8.00. The van der Waals surface area contributed by atoms with Gasteiger partial charge in [-0.15, -0.1) is 11.8 Å². The second kappa shape index (κ2) is 10.4. The molecule has 3 aromatic rings. The highest BCUT2D eigenvalue weighted by Crippen LogP contribution is 2.47. The van der Waals surface area contributed by atoms with Crippen LogP contribution in [0.15, 0.2) is 87.9 Å². The van der Waals surface area contributed by atoms with Gasteiger partial charge >= 0.3 is 5.97 Å². The second-order valence-electron chi connectivity index (χ2n) is 8.52. The number of aromatic nitrogens is 1. The van der Waals surface area contributed by atoms with E-state index in [0.717, 1.165) is 10.5 Å². The third-order valence-electron chi connectivity index (χ3n) is 6.21. The third-order valence-corrected chi connectivity index (χ3v) is 8.64. The van der Waals surface area contributed by atoms with E-state index in [9.17, 15) is 19.5 Å². The van der Waals surface area contributed by atoms with Gasteiger partial charge in [-0.3, -0.25) is 18.8 Å². The molecule has 0 radical (unpaired) electrons. The van der Waals surface area contributed by atoms with Crippen molar-refractivity contribution in [2.45, 2.75) is 23.2 Å². The lowest BCUT2D eigenvalue weighted by Gasteiger charge is -2.52. The molecule has 0 unspecified atom stereocenters. The number of thioether (sulfide) groups is 1. The maximum absolute atomic E-state index is 13.3. The summed E-state index contributed by atoms with van der Waals surface area (Å²) in [6.45, 7) is 5.46. The molecule has 1 aromatic heterocycles.